The van der Waals surface area contributed by atoms with Crippen LogP contribution in [0.3, 0.4) is 0 Å². The molecule has 0 spiro atoms. The van der Waals surface area contributed by atoms with Gasteiger partial charge in [0.05, 0.1) is 33.2 Å². The van der Waals surface area contributed by atoms with E-state index >= 15 is 0 Å². The molecule has 5 rings (SSSR count). The van der Waals surface area contributed by atoms with E-state index in [0.717, 1.165) is 9.86 Å². The highest BCUT2D eigenvalue weighted by Gasteiger charge is 2.17. The summed E-state index contributed by atoms with van der Waals surface area (Å²) < 4.78 is 19.5. The number of nitrogens with zero attached hydrogens (tertiary/aromatic N) is 3. The zero-order valence-corrected chi connectivity index (χ0v) is 23.8. The van der Waals surface area contributed by atoms with Crippen LogP contribution in [0.2, 0.25) is 0 Å². The second-order valence-electron chi connectivity index (χ2n) is 7.79. The number of furan rings is 1. The summed E-state index contributed by atoms with van der Waals surface area (Å²) in [5, 5.41) is 5.77. The van der Waals surface area contributed by atoms with E-state index in [1.54, 1.807) is 30.3 Å². The largest absolute Gasteiger partial charge is 0.480 e. The van der Waals surface area contributed by atoms with Crippen LogP contribution in [0.4, 0.5) is 0 Å². The van der Waals surface area contributed by atoms with Gasteiger partial charge >= 0.3 is 5.97 Å². The Morgan fingerprint density at radius 3 is 2.59 bits per heavy atom. The first-order chi connectivity index (χ1) is 17.8. The summed E-state index contributed by atoms with van der Waals surface area (Å²) in [6, 6.07) is 18.0. The summed E-state index contributed by atoms with van der Waals surface area (Å²) in [5.41, 5.74) is 1.51. The molecule has 0 unspecified atom stereocenters. The van der Waals surface area contributed by atoms with Crippen LogP contribution < -0.4 is 10.3 Å². The number of fused-ring (bicyclic) bond motifs is 2. The van der Waals surface area contributed by atoms with Gasteiger partial charge in [0.2, 0.25) is 5.82 Å². The highest BCUT2D eigenvalue weighted by molar-refractivity contribution is 9.11. The molecule has 0 aliphatic carbocycles. The van der Waals surface area contributed by atoms with E-state index in [2.05, 4.69) is 57.6 Å². The van der Waals surface area contributed by atoms with Crippen molar-refractivity contribution in [1.29, 1.82) is 0 Å². The first-order valence-electron chi connectivity index (χ1n) is 10.8. The highest BCUT2D eigenvalue weighted by Crippen LogP contribution is 2.34. The van der Waals surface area contributed by atoms with E-state index in [9.17, 15) is 9.59 Å². The minimum atomic E-state index is -0.502. The standard InChI is InChI=1S/C26H16Br3N3O5/c1-35-23(33)13-36-24-18(28)8-14(9-19(24)29)12-30-32-25(31-20-5-3-2-4-17(20)26(32)34)22-11-15-10-16(27)6-7-21(15)37-22/h2-12H,13H2,1H3. The van der Waals surface area contributed by atoms with Gasteiger partial charge < -0.3 is 13.9 Å². The minimum absolute atomic E-state index is 0.239. The number of methoxy groups -OCH3 is 1. The number of para-hydroxylation sites is 1. The molecule has 5 aromatic rings. The third-order valence-corrected chi connectivity index (χ3v) is 7.03. The molecular formula is C26H16Br3N3O5. The van der Waals surface area contributed by atoms with Gasteiger partial charge in [-0.3, -0.25) is 4.79 Å². The fraction of sp³-hybridized carbons (Fsp3) is 0.0769. The monoisotopic (exact) mass is 687 g/mol. The number of benzene rings is 3. The fourth-order valence-corrected chi connectivity index (χ4v) is 5.45. The summed E-state index contributed by atoms with van der Waals surface area (Å²) in [5.74, 6) is 0.602. The van der Waals surface area contributed by atoms with Crippen molar-refractivity contribution in [2.45, 2.75) is 0 Å². The van der Waals surface area contributed by atoms with Crippen molar-refractivity contribution in [1.82, 2.24) is 9.66 Å². The van der Waals surface area contributed by atoms with E-state index in [1.807, 2.05) is 30.3 Å². The fourth-order valence-electron chi connectivity index (χ4n) is 3.62. The Kier molecular flexibility index (Phi) is 7.27. The van der Waals surface area contributed by atoms with Crippen LogP contribution in [0.1, 0.15) is 5.56 Å². The van der Waals surface area contributed by atoms with Crippen molar-refractivity contribution >= 4 is 81.8 Å². The number of aromatic nitrogens is 2. The van der Waals surface area contributed by atoms with Crippen LogP contribution in [0.25, 0.3) is 33.5 Å². The smallest absolute Gasteiger partial charge is 0.343 e. The molecule has 3 aromatic carbocycles. The van der Waals surface area contributed by atoms with Crippen molar-refractivity contribution in [3.8, 4) is 17.3 Å². The lowest BCUT2D eigenvalue weighted by Gasteiger charge is -2.10. The van der Waals surface area contributed by atoms with Gasteiger partial charge in [0, 0.05) is 9.86 Å². The van der Waals surface area contributed by atoms with E-state index in [4.69, 9.17) is 14.1 Å². The number of halogens is 3. The van der Waals surface area contributed by atoms with Crippen molar-refractivity contribution in [3.63, 3.8) is 0 Å². The third-order valence-electron chi connectivity index (χ3n) is 5.36. The average Bonchev–Trinajstić information content (AvgIpc) is 3.30. The summed E-state index contributed by atoms with van der Waals surface area (Å²) in [4.78, 5) is 29.6. The number of hydrogen-bond acceptors (Lipinski definition) is 7. The number of esters is 1. The van der Waals surface area contributed by atoms with Gasteiger partial charge in [0.15, 0.2) is 12.4 Å². The molecule has 0 N–H and O–H groups in total. The summed E-state index contributed by atoms with van der Waals surface area (Å²) in [7, 11) is 1.29. The van der Waals surface area contributed by atoms with Crippen LogP contribution in [-0.4, -0.2) is 35.6 Å². The van der Waals surface area contributed by atoms with Crippen LogP contribution >= 0.6 is 47.8 Å². The summed E-state index contributed by atoms with van der Waals surface area (Å²) in [6.45, 7) is -0.239. The molecule has 0 radical (unpaired) electrons. The Labute approximate surface area is 235 Å². The topological polar surface area (TPSA) is 95.9 Å². The number of carbonyl (C=O) groups excluding carboxylic acids is 1. The number of rotatable bonds is 6. The normalized spacial score (nSPS) is 11.5. The minimum Gasteiger partial charge on any atom is -0.480 e. The lowest BCUT2D eigenvalue weighted by molar-refractivity contribution is -0.142. The van der Waals surface area contributed by atoms with Crippen molar-refractivity contribution in [2.24, 2.45) is 5.10 Å². The van der Waals surface area contributed by atoms with E-state index in [1.165, 1.54) is 18.0 Å². The maximum absolute atomic E-state index is 13.5. The van der Waals surface area contributed by atoms with Crippen molar-refractivity contribution in [2.75, 3.05) is 13.7 Å². The van der Waals surface area contributed by atoms with Gasteiger partial charge in [-0.1, -0.05) is 28.1 Å². The van der Waals surface area contributed by atoms with Crippen LogP contribution in [0.5, 0.6) is 5.75 Å². The molecule has 2 heterocycles. The Hall–Kier alpha value is -3.28. The first kappa shape index (κ1) is 25.4. The van der Waals surface area contributed by atoms with Gasteiger partial charge in [0.25, 0.3) is 5.56 Å². The predicted octanol–water partition coefficient (Wildman–Crippen LogP) is 6.53. The Morgan fingerprint density at radius 1 is 1.08 bits per heavy atom. The molecule has 0 fully saturated rings. The van der Waals surface area contributed by atoms with E-state index in [-0.39, 0.29) is 18.0 Å². The second kappa shape index (κ2) is 10.6. The molecule has 0 saturated carbocycles. The molecule has 0 bridgehead atoms. The predicted molar refractivity (Wildman–Crippen MR) is 151 cm³/mol. The molecule has 0 saturated heterocycles. The van der Waals surface area contributed by atoms with Gasteiger partial charge in [-0.25, -0.2) is 9.78 Å². The lowest BCUT2D eigenvalue weighted by atomic mass is 10.2. The second-order valence-corrected chi connectivity index (χ2v) is 10.4. The molecule has 2 aromatic heterocycles. The molecule has 0 aliphatic rings. The lowest BCUT2D eigenvalue weighted by Crippen LogP contribution is -2.20. The van der Waals surface area contributed by atoms with Gasteiger partial charge in [-0.05, 0) is 86.0 Å². The number of ether oxygens (including phenoxy) is 2. The molecular weight excluding hydrogens is 674 g/mol. The molecule has 0 aliphatic heterocycles. The van der Waals surface area contributed by atoms with Gasteiger partial charge in [-0.15, -0.1) is 0 Å². The zero-order valence-electron chi connectivity index (χ0n) is 19.1. The third kappa shape index (κ3) is 5.25. The van der Waals surface area contributed by atoms with E-state index < -0.39 is 5.97 Å². The quantitative estimate of drug-likeness (QED) is 0.149. The maximum Gasteiger partial charge on any atom is 0.343 e. The number of carbonyl (C=O) groups is 1. The SMILES string of the molecule is COC(=O)COc1c(Br)cc(C=Nn2c(-c3cc4cc(Br)ccc4o3)nc3ccccc3c2=O)cc1Br. The number of hydrogen-bond donors (Lipinski definition) is 0. The van der Waals surface area contributed by atoms with Gasteiger partial charge in [0.1, 0.15) is 11.3 Å². The Morgan fingerprint density at radius 2 is 1.84 bits per heavy atom. The molecule has 11 heteroatoms. The molecule has 0 atom stereocenters. The van der Waals surface area contributed by atoms with Crippen LogP contribution in [-0.2, 0) is 9.53 Å². The molecule has 37 heavy (non-hydrogen) atoms. The molecule has 186 valence electrons. The zero-order chi connectivity index (χ0) is 26.1. The molecule has 8 nitrogen and oxygen atoms in total. The van der Waals surface area contributed by atoms with Crippen molar-refractivity contribution in [3.05, 3.63) is 90.0 Å². The van der Waals surface area contributed by atoms with Crippen LogP contribution in [0, 0.1) is 0 Å². The molecule has 0 amide bonds. The first-order valence-corrected chi connectivity index (χ1v) is 13.2. The summed E-state index contributed by atoms with van der Waals surface area (Å²) >= 11 is 10.4. The maximum atomic E-state index is 13.5. The average molecular weight is 690 g/mol. The highest BCUT2D eigenvalue weighted by atomic mass is 79.9. The van der Waals surface area contributed by atoms with Gasteiger partial charge in [-0.2, -0.15) is 9.78 Å². The summed E-state index contributed by atoms with van der Waals surface area (Å²) in [6.07, 6.45) is 1.53. The van der Waals surface area contributed by atoms with Crippen molar-refractivity contribution < 1.29 is 18.7 Å². The van der Waals surface area contributed by atoms with E-state index in [0.29, 0.717) is 42.5 Å². The Bertz CT molecular complexity index is 1740. The Balaban J connectivity index is 1.59. The van der Waals surface area contributed by atoms with Crippen LogP contribution in [0.15, 0.2) is 88.4 Å².